The van der Waals surface area contributed by atoms with E-state index in [0.717, 1.165) is 12.2 Å². The van der Waals surface area contributed by atoms with E-state index in [1.165, 1.54) is 5.56 Å². The molecule has 0 aromatic heterocycles. The first-order chi connectivity index (χ1) is 8.67. The molecule has 1 unspecified atom stereocenters. The van der Waals surface area contributed by atoms with Crippen LogP contribution in [0.25, 0.3) is 0 Å². The third-order valence-corrected chi connectivity index (χ3v) is 2.92. The van der Waals surface area contributed by atoms with Crippen molar-refractivity contribution < 1.29 is 9.53 Å². The average molecular weight is 287 g/mol. The molecule has 4 nitrogen and oxygen atoms in total. The first kappa shape index (κ1) is 17.7. The van der Waals surface area contributed by atoms with Crippen molar-refractivity contribution >= 4 is 18.3 Å². The monoisotopic (exact) mass is 286 g/mol. The van der Waals surface area contributed by atoms with E-state index in [1.54, 1.807) is 14.2 Å². The van der Waals surface area contributed by atoms with Crippen LogP contribution in [0.5, 0.6) is 5.75 Å². The highest BCUT2D eigenvalue weighted by molar-refractivity contribution is 5.85. The number of likely N-dealkylation sites (N-methyl/N-ethyl adjacent to an activating group) is 1. The van der Waals surface area contributed by atoms with Crippen molar-refractivity contribution in [3.8, 4) is 5.75 Å². The van der Waals surface area contributed by atoms with E-state index in [1.807, 2.05) is 12.1 Å². The minimum absolute atomic E-state index is 0. The minimum Gasteiger partial charge on any atom is -0.497 e. The van der Waals surface area contributed by atoms with Crippen LogP contribution < -0.4 is 15.4 Å². The molecule has 0 radical (unpaired) electrons. The smallest absolute Gasteiger partial charge is 0.233 e. The molecule has 0 aliphatic heterocycles. The SMILES string of the molecule is CNCC(=O)NCCC(C)c1ccc(OC)cc1.Cl. The Kier molecular flexibility index (Phi) is 9.00. The van der Waals surface area contributed by atoms with Gasteiger partial charge in [-0.25, -0.2) is 0 Å². The van der Waals surface area contributed by atoms with Gasteiger partial charge in [0.05, 0.1) is 13.7 Å². The summed E-state index contributed by atoms with van der Waals surface area (Å²) in [5, 5.41) is 5.70. The zero-order valence-electron chi connectivity index (χ0n) is 11.7. The minimum atomic E-state index is 0. The van der Waals surface area contributed by atoms with Gasteiger partial charge in [0.15, 0.2) is 0 Å². The van der Waals surface area contributed by atoms with Crippen LogP contribution in [0.1, 0.15) is 24.8 Å². The van der Waals surface area contributed by atoms with E-state index in [4.69, 9.17) is 4.74 Å². The van der Waals surface area contributed by atoms with Crippen LogP contribution in [-0.2, 0) is 4.79 Å². The van der Waals surface area contributed by atoms with Crippen molar-refractivity contribution in [2.75, 3.05) is 27.2 Å². The number of rotatable bonds is 7. The summed E-state index contributed by atoms with van der Waals surface area (Å²) in [5.74, 6) is 1.33. The molecule has 1 aromatic carbocycles. The molecule has 0 saturated carbocycles. The maximum Gasteiger partial charge on any atom is 0.233 e. The van der Waals surface area contributed by atoms with E-state index >= 15 is 0 Å². The van der Waals surface area contributed by atoms with E-state index < -0.39 is 0 Å². The summed E-state index contributed by atoms with van der Waals surface area (Å²) in [7, 11) is 3.43. The lowest BCUT2D eigenvalue weighted by molar-refractivity contribution is -0.120. The highest BCUT2D eigenvalue weighted by Crippen LogP contribution is 2.21. The number of amides is 1. The number of carbonyl (C=O) groups is 1. The normalized spacial score (nSPS) is 11.3. The number of carbonyl (C=O) groups excluding carboxylic acids is 1. The van der Waals surface area contributed by atoms with Crippen LogP contribution in [0.4, 0.5) is 0 Å². The Morgan fingerprint density at radius 1 is 1.32 bits per heavy atom. The Morgan fingerprint density at radius 3 is 2.47 bits per heavy atom. The fourth-order valence-electron chi connectivity index (χ4n) is 1.75. The molecule has 108 valence electrons. The Bertz CT molecular complexity index is 368. The van der Waals surface area contributed by atoms with Crippen LogP contribution in [0, 0.1) is 0 Å². The van der Waals surface area contributed by atoms with Gasteiger partial charge in [0.25, 0.3) is 0 Å². The number of hydrogen-bond donors (Lipinski definition) is 2. The lowest BCUT2D eigenvalue weighted by Gasteiger charge is -2.13. The predicted octanol–water partition coefficient (Wildman–Crippen LogP) is 1.95. The molecule has 0 heterocycles. The zero-order chi connectivity index (χ0) is 13.4. The Balaban J connectivity index is 0.00000324. The van der Waals surface area contributed by atoms with E-state index in [-0.39, 0.29) is 18.3 Å². The summed E-state index contributed by atoms with van der Waals surface area (Å²) in [5.41, 5.74) is 1.26. The Labute approximate surface area is 121 Å². The van der Waals surface area contributed by atoms with Gasteiger partial charge in [-0.3, -0.25) is 4.79 Å². The van der Waals surface area contributed by atoms with Gasteiger partial charge in [0.1, 0.15) is 5.75 Å². The first-order valence-electron chi connectivity index (χ1n) is 6.22. The van der Waals surface area contributed by atoms with Gasteiger partial charge >= 0.3 is 0 Å². The van der Waals surface area contributed by atoms with Crippen LogP contribution in [-0.4, -0.2) is 33.2 Å². The zero-order valence-corrected chi connectivity index (χ0v) is 12.5. The maximum atomic E-state index is 11.3. The molecule has 0 saturated heterocycles. The molecule has 1 rings (SSSR count). The fourth-order valence-corrected chi connectivity index (χ4v) is 1.75. The maximum absolute atomic E-state index is 11.3. The Morgan fingerprint density at radius 2 is 1.95 bits per heavy atom. The number of halogens is 1. The molecule has 0 spiro atoms. The van der Waals surface area contributed by atoms with Crippen molar-refractivity contribution in [2.45, 2.75) is 19.3 Å². The topological polar surface area (TPSA) is 50.4 Å². The van der Waals surface area contributed by atoms with Crippen LogP contribution >= 0.6 is 12.4 Å². The fraction of sp³-hybridized carbons (Fsp3) is 0.500. The van der Waals surface area contributed by atoms with Crippen molar-refractivity contribution in [2.24, 2.45) is 0 Å². The quantitative estimate of drug-likeness (QED) is 0.805. The standard InChI is InChI=1S/C14H22N2O2.ClH/c1-11(8-9-16-14(17)10-15-2)12-4-6-13(18-3)7-5-12;/h4-7,11,15H,8-10H2,1-3H3,(H,16,17);1H. The second-order valence-electron chi connectivity index (χ2n) is 4.34. The van der Waals surface area contributed by atoms with Crippen LogP contribution in [0.2, 0.25) is 0 Å². The third-order valence-electron chi connectivity index (χ3n) is 2.92. The molecule has 5 heteroatoms. The molecular weight excluding hydrogens is 264 g/mol. The molecule has 0 aliphatic rings. The number of hydrogen-bond acceptors (Lipinski definition) is 3. The molecular formula is C14H23ClN2O2. The van der Waals surface area contributed by atoms with Crippen LogP contribution in [0.15, 0.2) is 24.3 Å². The molecule has 1 aromatic rings. The molecule has 1 atom stereocenters. The summed E-state index contributed by atoms with van der Waals surface area (Å²) >= 11 is 0. The van der Waals surface area contributed by atoms with E-state index in [9.17, 15) is 4.79 Å². The largest absolute Gasteiger partial charge is 0.497 e. The molecule has 1 amide bonds. The lowest BCUT2D eigenvalue weighted by atomic mass is 9.98. The second-order valence-corrected chi connectivity index (χ2v) is 4.34. The van der Waals surface area contributed by atoms with Gasteiger partial charge in [-0.2, -0.15) is 0 Å². The molecule has 0 fully saturated rings. The van der Waals surface area contributed by atoms with Crippen molar-refractivity contribution in [1.82, 2.24) is 10.6 Å². The highest BCUT2D eigenvalue weighted by Gasteiger charge is 2.06. The van der Waals surface area contributed by atoms with Gasteiger partial charge in [-0.15, -0.1) is 12.4 Å². The Hall–Kier alpha value is -1.26. The van der Waals surface area contributed by atoms with Gasteiger partial charge in [-0.1, -0.05) is 19.1 Å². The summed E-state index contributed by atoms with van der Waals surface area (Å²) in [4.78, 5) is 11.3. The number of nitrogens with one attached hydrogen (secondary N) is 2. The van der Waals surface area contributed by atoms with Gasteiger partial charge < -0.3 is 15.4 Å². The second kappa shape index (κ2) is 9.64. The number of ether oxygens (including phenoxy) is 1. The van der Waals surface area contributed by atoms with Crippen LogP contribution in [0.3, 0.4) is 0 Å². The third kappa shape index (κ3) is 6.45. The summed E-state index contributed by atoms with van der Waals surface area (Å²) in [6.07, 6.45) is 0.932. The summed E-state index contributed by atoms with van der Waals surface area (Å²) in [6.45, 7) is 3.23. The van der Waals surface area contributed by atoms with E-state index in [0.29, 0.717) is 19.0 Å². The number of methoxy groups -OCH3 is 1. The summed E-state index contributed by atoms with van der Waals surface area (Å²) < 4.78 is 5.12. The number of benzene rings is 1. The summed E-state index contributed by atoms with van der Waals surface area (Å²) in [6, 6.07) is 8.06. The van der Waals surface area contributed by atoms with Crippen molar-refractivity contribution in [3.63, 3.8) is 0 Å². The lowest BCUT2D eigenvalue weighted by Crippen LogP contribution is -2.33. The van der Waals surface area contributed by atoms with E-state index in [2.05, 4.69) is 29.7 Å². The first-order valence-corrected chi connectivity index (χ1v) is 6.22. The molecule has 19 heavy (non-hydrogen) atoms. The average Bonchev–Trinajstić information content (AvgIpc) is 2.39. The van der Waals surface area contributed by atoms with Gasteiger partial charge in [0, 0.05) is 6.54 Å². The van der Waals surface area contributed by atoms with Gasteiger partial charge in [-0.05, 0) is 37.1 Å². The molecule has 2 N–H and O–H groups in total. The predicted molar refractivity (Wildman–Crippen MR) is 80.2 cm³/mol. The van der Waals surface area contributed by atoms with Crippen molar-refractivity contribution in [3.05, 3.63) is 29.8 Å². The van der Waals surface area contributed by atoms with Crippen molar-refractivity contribution in [1.29, 1.82) is 0 Å². The molecule has 0 bridgehead atoms. The van der Waals surface area contributed by atoms with Gasteiger partial charge in [0.2, 0.25) is 5.91 Å². The highest BCUT2D eigenvalue weighted by atomic mass is 35.5. The molecule has 0 aliphatic carbocycles.